The van der Waals surface area contributed by atoms with Crippen molar-refractivity contribution in [3.05, 3.63) is 29.3 Å². The summed E-state index contributed by atoms with van der Waals surface area (Å²) in [6.07, 6.45) is 0. The smallest absolute Gasteiger partial charge is 0.244 e. The number of benzene rings is 1. The Bertz CT molecular complexity index is 624. The number of rotatable bonds is 6. The van der Waals surface area contributed by atoms with E-state index in [1.807, 2.05) is 0 Å². The highest BCUT2D eigenvalue weighted by Crippen LogP contribution is 2.21. The summed E-state index contributed by atoms with van der Waals surface area (Å²) in [4.78, 5) is -0.00375. The summed E-state index contributed by atoms with van der Waals surface area (Å²) < 4.78 is 26.2. The first-order valence-electron chi connectivity index (χ1n) is 6.39. The molecule has 0 radical (unpaired) electrons. The van der Waals surface area contributed by atoms with Crippen molar-refractivity contribution in [2.75, 3.05) is 32.9 Å². The van der Waals surface area contributed by atoms with E-state index < -0.39 is 10.0 Å². The maximum atomic E-state index is 12.6. The van der Waals surface area contributed by atoms with Gasteiger partial charge in [-0.2, -0.15) is 4.31 Å². The molecule has 0 bridgehead atoms. The van der Waals surface area contributed by atoms with Gasteiger partial charge < -0.3 is 15.3 Å². The fourth-order valence-electron chi connectivity index (χ4n) is 1.82. The minimum absolute atomic E-state index is 0.00375. The van der Waals surface area contributed by atoms with Gasteiger partial charge in [-0.25, -0.2) is 8.42 Å². The SMILES string of the molecule is Cc1ccc(S(=O)(=O)N(CCO)CCO)c(C#CCO)c1. The van der Waals surface area contributed by atoms with Crippen LogP contribution in [0, 0.1) is 18.8 Å². The number of hydrogen-bond donors (Lipinski definition) is 3. The lowest BCUT2D eigenvalue weighted by molar-refractivity contribution is 0.217. The molecule has 0 aliphatic rings. The topological polar surface area (TPSA) is 98.1 Å². The number of hydrogen-bond acceptors (Lipinski definition) is 5. The zero-order valence-corrected chi connectivity index (χ0v) is 12.6. The Morgan fingerprint density at radius 1 is 1.14 bits per heavy atom. The molecule has 6 nitrogen and oxygen atoms in total. The Morgan fingerprint density at radius 3 is 2.29 bits per heavy atom. The van der Waals surface area contributed by atoms with E-state index in [1.54, 1.807) is 19.1 Å². The van der Waals surface area contributed by atoms with Crippen molar-refractivity contribution in [2.24, 2.45) is 0 Å². The first kappa shape index (κ1) is 17.6. The molecule has 0 saturated heterocycles. The van der Waals surface area contributed by atoms with Gasteiger partial charge in [-0.3, -0.25) is 0 Å². The van der Waals surface area contributed by atoms with Gasteiger partial charge in [0, 0.05) is 18.7 Å². The zero-order valence-electron chi connectivity index (χ0n) is 11.8. The molecule has 0 amide bonds. The number of aliphatic hydroxyl groups excluding tert-OH is 3. The predicted octanol–water partition coefficient (Wildman–Crippen LogP) is -0.686. The van der Waals surface area contributed by atoms with E-state index in [9.17, 15) is 8.42 Å². The van der Waals surface area contributed by atoms with Crippen molar-refractivity contribution in [2.45, 2.75) is 11.8 Å². The van der Waals surface area contributed by atoms with Gasteiger partial charge in [0.15, 0.2) is 0 Å². The fraction of sp³-hybridized carbons (Fsp3) is 0.429. The Labute approximate surface area is 124 Å². The highest BCUT2D eigenvalue weighted by Gasteiger charge is 2.25. The molecule has 0 unspecified atom stereocenters. The standard InChI is InChI=1S/C14H19NO5S/c1-12-4-5-14(13(11-12)3-2-8-16)21(19,20)15(6-9-17)7-10-18/h4-5,11,16-18H,6-10H2,1H3. The van der Waals surface area contributed by atoms with Crippen molar-refractivity contribution in [1.82, 2.24) is 4.31 Å². The maximum absolute atomic E-state index is 12.6. The van der Waals surface area contributed by atoms with Gasteiger partial charge in [0.05, 0.1) is 18.1 Å². The molecule has 0 aliphatic carbocycles. The van der Waals surface area contributed by atoms with Crippen molar-refractivity contribution >= 4 is 10.0 Å². The minimum atomic E-state index is -3.87. The molecule has 0 saturated carbocycles. The third-order valence-electron chi connectivity index (χ3n) is 2.75. The second-order valence-corrected chi connectivity index (χ2v) is 6.22. The van der Waals surface area contributed by atoms with Gasteiger partial charge in [0.1, 0.15) is 6.61 Å². The molecular formula is C14H19NO5S. The highest BCUT2D eigenvalue weighted by molar-refractivity contribution is 7.89. The summed E-state index contributed by atoms with van der Waals surface area (Å²) in [5.74, 6) is 5.05. The Hall–Kier alpha value is -1.43. The zero-order chi connectivity index (χ0) is 15.9. The maximum Gasteiger partial charge on any atom is 0.244 e. The number of aliphatic hydroxyl groups is 3. The largest absolute Gasteiger partial charge is 0.395 e. The summed E-state index contributed by atoms with van der Waals surface area (Å²) in [5.41, 5.74) is 1.12. The van der Waals surface area contributed by atoms with Crippen LogP contribution in [0.2, 0.25) is 0 Å². The monoisotopic (exact) mass is 313 g/mol. The van der Waals surface area contributed by atoms with Gasteiger partial charge in [-0.15, -0.1) is 0 Å². The molecular weight excluding hydrogens is 294 g/mol. The van der Waals surface area contributed by atoms with Crippen LogP contribution in [0.15, 0.2) is 23.1 Å². The second kappa shape index (κ2) is 8.12. The molecule has 1 aromatic carbocycles. The van der Waals surface area contributed by atoms with E-state index in [0.29, 0.717) is 0 Å². The van der Waals surface area contributed by atoms with Gasteiger partial charge in [-0.1, -0.05) is 17.9 Å². The molecule has 0 fully saturated rings. The molecule has 0 atom stereocenters. The van der Waals surface area contributed by atoms with Crippen LogP contribution in [0.25, 0.3) is 0 Å². The number of sulfonamides is 1. The van der Waals surface area contributed by atoms with Crippen LogP contribution in [0.3, 0.4) is 0 Å². The summed E-state index contributed by atoms with van der Waals surface area (Å²) in [6, 6.07) is 4.70. The summed E-state index contributed by atoms with van der Waals surface area (Å²) >= 11 is 0. The van der Waals surface area contributed by atoms with Gasteiger partial charge in [0.2, 0.25) is 10.0 Å². The first-order valence-corrected chi connectivity index (χ1v) is 7.83. The van der Waals surface area contributed by atoms with E-state index in [2.05, 4.69) is 11.8 Å². The average Bonchev–Trinajstić information content (AvgIpc) is 2.44. The molecule has 0 aromatic heterocycles. The van der Waals surface area contributed by atoms with E-state index >= 15 is 0 Å². The lowest BCUT2D eigenvalue weighted by Gasteiger charge is -2.21. The van der Waals surface area contributed by atoms with E-state index in [-0.39, 0.29) is 43.4 Å². The molecule has 0 heterocycles. The van der Waals surface area contributed by atoms with Crippen LogP contribution in [0.1, 0.15) is 11.1 Å². The van der Waals surface area contributed by atoms with Crippen molar-refractivity contribution in [3.63, 3.8) is 0 Å². The molecule has 1 aromatic rings. The van der Waals surface area contributed by atoms with Gasteiger partial charge in [0.25, 0.3) is 0 Å². The molecule has 1 rings (SSSR count). The lowest BCUT2D eigenvalue weighted by atomic mass is 10.1. The van der Waals surface area contributed by atoms with Crippen LogP contribution < -0.4 is 0 Å². The van der Waals surface area contributed by atoms with Crippen LogP contribution >= 0.6 is 0 Å². The number of aryl methyl sites for hydroxylation is 1. The van der Waals surface area contributed by atoms with Crippen molar-refractivity contribution < 1.29 is 23.7 Å². The molecule has 21 heavy (non-hydrogen) atoms. The summed E-state index contributed by atoms with van der Waals surface area (Å²) in [7, 11) is -3.87. The molecule has 3 N–H and O–H groups in total. The average molecular weight is 313 g/mol. The predicted molar refractivity (Wildman–Crippen MR) is 78.1 cm³/mol. The van der Waals surface area contributed by atoms with Crippen LogP contribution in [0.5, 0.6) is 0 Å². The van der Waals surface area contributed by atoms with Crippen LogP contribution in [-0.2, 0) is 10.0 Å². The normalized spacial score (nSPS) is 11.3. The number of nitrogens with zero attached hydrogens (tertiary/aromatic N) is 1. The Kier molecular flexibility index (Phi) is 6.81. The molecule has 116 valence electrons. The van der Waals surface area contributed by atoms with E-state index in [0.717, 1.165) is 9.87 Å². The third kappa shape index (κ3) is 4.52. The van der Waals surface area contributed by atoms with E-state index in [1.165, 1.54) is 6.07 Å². The van der Waals surface area contributed by atoms with Gasteiger partial charge >= 0.3 is 0 Å². The highest BCUT2D eigenvalue weighted by atomic mass is 32.2. The quantitative estimate of drug-likeness (QED) is 0.604. The molecule has 0 spiro atoms. The van der Waals surface area contributed by atoms with Crippen molar-refractivity contribution in [1.29, 1.82) is 0 Å². The van der Waals surface area contributed by atoms with Crippen molar-refractivity contribution in [3.8, 4) is 11.8 Å². The van der Waals surface area contributed by atoms with E-state index in [4.69, 9.17) is 15.3 Å². The third-order valence-corrected chi connectivity index (χ3v) is 4.71. The first-order chi connectivity index (χ1) is 9.97. The Morgan fingerprint density at radius 2 is 1.76 bits per heavy atom. The summed E-state index contributed by atoms with van der Waals surface area (Å²) in [6.45, 7) is 0.531. The fourth-order valence-corrected chi connectivity index (χ4v) is 3.37. The van der Waals surface area contributed by atoms with Gasteiger partial charge in [-0.05, 0) is 24.6 Å². The van der Waals surface area contributed by atoms with Crippen LogP contribution in [-0.4, -0.2) is 61.0 Å². The molecule has 0 aliphatic heterocycles. The Balaban J connectivity index is 3.35. The minimum Gasteiger partial charge on any atom is -0.395 e. The summed E-state index contributed by atoms with van der Waals surface area (Å²) in [5, 5.41) is 26.7. The lowest BCUT2D eigenvalue weighted by Crippen LogP contribution is -2.36. The molecule has 7 heteroatoms. The second-order valence-electron chi connectivity index (χ2n) is 4.31. The van der Waals surface area contributed by atoms with Crippen LogP contribution in [0.4, 0.5) is 0 Å².